The van der Waals surface area contributed by atoms with Gasteiger partial charge in [0, 0.05) is 0 Å². The van der Waals surface area contributed by atoms with Gasteiger partial charge in [-0.25, -0.2) is 0 Å². The molecule has 10 nitrogen and oxygen atoms in total. The molecule has 0 radical (unpaired) electrons. The topological polar surface area (TPSA) is 169 Å². The van der Waals surface area contributed by atoms with Crippen LogP contribution in [0.1, 0.15) is 155 Å². The van der Waals surface area contributed by atoms with Crippen LogP contribution in [0.3, 0.4) is 0 Å². The number of aliphatic hydroxyl groups is 6. The standard InChI is InChI=1S/C39H73NO9/c1-3-5-7-9-11-13-15-16-18-19-21-23-25-27-32(42)31(30-48-39-37(46)36(45)35(44)34(29-41)49-39)40-38(47)33(43)28-26-24-22-20-17-14-12-10-8-6-4-2/h12,14,25,27,31-37,39,41-46H,3-11,13,15-24,26,28-30H2,1-2H3,(H,40,47)/b14-12-,27-25+. The summed E-state index contributed by atoms with van der Waals surface area (Å²) in [6, 6.07) is -0.979. The van der Waals surface area contributed by atoms with E-state index in [2.05, 4.69) is 31.3 Å². The van der Waals surface area contributed by atoms with Crippen LogP contribution in [-0.4, -0.2) is 98.7 Å². The first-order chi connectivity index (χ1) is 23.8. The number of unbranched alkanes of at least 4 members (excludes halogenated alkanes) is 18. The van der Waals surface area contributed by atoms with E-state index in [4.69, 9.17) is 9.47 Å². The SMILES string of the molecule is CCCCC/C=C\CCCCCCC(O)C(=O)NC(COC1OC(CO)C(O)C(O)C1O)C(O)/C=C/CCCCCCCCCCCCC. The van der Waals surface area contributed by atoms with Crippen molar-refractivity contribution in [1.29, 1.82) is 0 Å². The lowest BCUT2D eigenvalue weighted by atomic mass is 9.99. The smallest absolute Gasteiger partial charge is 0.249 e. The van der Waals surface area contributed by atoms with Crippen molar-refractivity contribution in [2.75, 3.05) is 13.2 Å². The third kappa shape index (κ3) is 21.6. The summed E-state index contributed by atoms with van der Waals surface area (Å²) < 4.78 is 11.1. The van der Waals surface area contributed by atoms with Gasteiger partial charge in [0.1, 0.15) is 30.5 Å². The molecular formula is C39H73NO9. The molecule has 1 aliphatic rings. The first-order valence-electron chi connectivity index (χ1n) is 19.7. The van der Waals surface area contributed by atoms with Gasteiger partial charge in [-0.3, -0.25) is 4.79 Å². The molecule has 1 fully saturated rings. The van der Waals surface area contributed by atoms with Crippen molar-refractivity contribution >= 4 is 5.91 Å². The van der Waals surface area contributed by atoms with Gasteiger partial charge in [-0.05, 0) is 44.9 Å². The van der Waals surface area contributed by atoms with E-state index in [0.29, 0.717) is 12.8 Å². The molecule has 0 saturated carbocycles. The van der Waals surface area contributed by atoms with Crippen molar-refractivity contribution in [3.05, 3.63) is 24.3 Å². The van der Waals surface area contributed by atoms with E-state index in [0.717, 1.165) is 51.4 Å². The average molecular weight is 700 g/mol. The maximum atomic E-state index is 12.9. The minimum Gasteiger partial charge on any atom is -0.394 e. The molecule has 1 rings (SSSR count). The summed E-state index contributed by atoms with van der Waals surface area (Å²) in [6.45, 7) is 3.53. The predicted molar refractivity (Wildman–Crippen MR) is 195 cm³/mol. The normalized spacial score (nSPS) is 23.3. The van der Waals surface area contributed by atoms with Crippen LogP contribution in [-0.2, 0) is 14.3 Å². The Labute approximate surface area is 297 Å². The highest BCUT2D eigenvalue weighted by Crippen LogP contribution is 2.22. The number of allylic oxidation sites excluding steroid dienone is 3. The first kappa shape index (κ1) is 45.7. The monoisotopic (exact) mass is 700 g/mol. The largest absolute Gasteiger partial charge is 0.394 e. The minimum absolute atomic E-state index is 0.295. The molecule has 0 aromatic heterocycles. The Kier molecular flexibility index (Phi) is 28.2. The summed E-state index contributed by atoms with van der Waals surface area (Å²) in [5.41, 5.74) is 0. The summed E-state index contributed by atoms with van der Waals surface area (Å²) in [5.74, 6) is -0.629. The number of ether oxygens (including phenoxy) is 2. The van der Waals surface area contributed by atoms with E-state index >= 15 is 0 Å². The molecule has 0 spiro atoms. The Balaban J connectivity index is 2.54. The van der Waals surface area contributed by atoms with Crippen LogP contribution < -0.4 is 5.32 Å². The van der Waals surface area contributed by atoms with E-state index in [1.54, 1.807) is 6.08 Å². The third-order valence-corrected chi connectivity index (χ3v) is 9.38. The second-order valence-corrected chi connectivity index (χ2v) is 13.9. The van der Waals surface area contributed by atoms with E-state index in [-0.39, 0.29) is 6.61 Å². The molecule has 0 aromatic carbocycles. The Morgan fingerprint density at radius 2 is 1.18 bits per heavy atom. The van der Waals surface area contributed by atoms with Crippen LogP contribution in [0.2, 0.25) is 0 Å². The number of hydrogen-bond acceptors (Lipinski definition) is 9. The maximum Gasteiger partial charge on any atom is 0.249 e. The Bertz CT molecular complexity index is 839. The summed E-state index contributed by atoms with van der Waals surface area (Å²) in [7, 11) is 0. The van der Waals surface area contributed by atoms with Crippen molar-refractivity contribution in [3.8, 4) is 0 Å². The Hall–Kier alpha value is -1.37. The van der Waals surface area contributed by atoms with Crippen LogP contribution in [0.5, 0.6) is 0 Å². The molecule has 1 amide bonds. The first-order valence-corrected chi connectivity index (χ1v) is 19.7. The van der Waals surface area contributed by atoms with Gasteiger partial charge in [0.2, 0.25) is 5.91 Å². The van der Waals surface area contributed by atoms with Crippen LogP contribution in [0.15, 0.2) is 24.3 Å². The van der Waals surface area contributed by atoms with Crippen molar-refractivity contribution in [2.45, 2.75) is 204 Å². The fourth-order valence-electron chi connectivity index (χ4n) is 6.04. The second kappa shape index (κ2) is 30.3. The molecule has 1 saturated heterocycles. The van der Waals surface area contributed by atoms with Gasteiger partial charge in [0.05, 0.1) is 25.4 Å². The van der Waals surface area contributed by atoms with E-state index in [1.807, 2.05) is 6.08 Å². The zero-order valence-electron chi connectivity index (χ0n) is 30.8. The zero-order valence-corrected chi connectivity index (χ0v) is 30.8. The summed E-state index contributed by atoms with van der Waals surface area (Å²) >= 11 is 0. The predicted octanol–water partition coefficient (Wildman–Crippen LogP) is 5.74. The lowest BCUT2D eigenvalue weighted by Gasteiger charge is -2.40. The van der Waals surface area contributed by atoms with E-state index < -0.39 is 61.5 Å². The highest BCUT2D eigenvalue weighted by Gasteiger charge is 2.44. The molecule has 8 unspecified atom stereocenters. The average Bonchev–Trinajstić information content (AvgIpc) is 3.10. The summed E-state index contributed by atoms with van der Waals surface area (Å²) in [6.07, 6.45) is 22.7. The van der Waals surface area contributed by atoms with Crippen LogP contribution in [0, 0.1) is 0 Å². The second-order valence-electron chi connectivity index (χ2n) is 13.9. The Morgan fingerprint density at radius 1 is 0.694 bits per heavy atom. The number of rotatable bonds is 31. The van der Waals surface area contributed by atoms with Gasteiger partial charge in [-0.2, -0.15) is 0 Å². The molecular weight excluding hydrogens is 626 g/mol. The van der Waals surface area contributed by atoms with E-state index in [9.17, 15) is 35.4 Å². The van der Waals surface area contributed by atoms with Crippen LogP contribution in [0.25, 0.3) is 0 Å². The summed E-state index contributed by atoms with van der Waals surface area (Å²) in [4.78, 5) is 12.9. The zero-order chi connectivity index (χ0) is 36.1. The molecule has 49 heavy (non-hydrogen) atoms. The maximum absolute atomic E-state index is 12.9. The Morgan fingerprint density at radius 3 is 1.76 bits per heavy atom. The molecule has 0 aliphatic carbocycles. The number of nitrogens with one attached hydrogen (secondary N) is 1. The minimum atomic E-state index is -1.61. The fourth-order valence-corrected chi connectivity index (χ4v) is 6.04. The summed E-state index contributed by atoms with van der Waals surface area (Å²) in [5, 5.41) is 64.2. The molecule has 1 heterocycles. The number of carbonyl (C=O) groups is 1. The quantitative estimate of drug-likeness (QED) is 0.0352. The third-order valence-electron chi connectivity index (χ3n) is 9.38. The van der Waals surface area contributed by atoms with Gasteiger partial charge < -0.3 is 45.4 Å². The van der Waals surface area contributed by atoms with Gasteiger partial charge in [-0.1, -0.05) is 134 Å². The van der Waals surface area contributed by atoms with Gasteiger partial charge >= 0.3 is 0 Å². The number of hydrogen-bond donors (Lipinski definition) is 7. The molecule has 8 atom stereocenters. The van der Waals surface area contributed by atoms with Crippen LogP contribution >= 0.6 is 0 Å². The number of aliphatic hydroxyl groups excluding tert-OH is 6. The number of amides is 1. The van der Waals surface area contributed by atoms with Crippen molar-refractivity contribution in [2.24, 2.45) is 0 Å². The lowest BCUT2D eigenvalue weighted by molar-refractivity contribution is -0.302. The molecule has 1 aliphatic heterocycles. The molecule has 0 aromatic rings. The van der Waals surface area contributed by atoms with Crippen molar-refractivity contribution < 1.29 is 44.9 Å². The van der Waals surface area contributed by atoms with Crippen LogP contribution in [0.4, 0.5) is 0 Å². The van der Waals surface area contributed by atoms with Gasteiger partial charge in [0.15, 0.2) is 6.29 Å². The fraction of sp³-hybridized carbons (Fsp3) is 0.872. The van der Waals surface area contributed by atoms with Crippen molar-refractivity contribution in [3.63, 3.8) is 0 Å². The van der Waals surface area contributed by atoms with Gasteiger partial charge in [0.25, 0.3) is 0 Å². The highest BCUT2D eigenvalue weighted by molar-refractivity contribution is 5.80. The molecule has 10 heteroatoms. The highest BCUT2D eigenvalue weighted by atomic mass is 16.7. The van der Waals surface area contributed by atoms with Crippen molar-refractivity contribution in [1.82, 2.24) is 5.32 Å². The molecule has 288 valence electrons. The molecule has 7 N–H and O–H groups in total. The lowest BCUT2D eigenvalue weighted by Crippen LogP contribution is -2.60. The number of carbonyl (C=O) groups excluding carboxylic acids is 1. The van der Waals surface area contributed by atoms with Gasteiger partial charge in [-0.15, -0.1) is 0 Å². The van der Waals surface area contributed by atoms with E-state index in [1.165, 1.54) is 77.0 Å². The molecule has 0 bridgehead atoms.